The van der Waals surface area contributed by atoms with E-state index in [4.69, 9.17) is 10.5 Å². The zero-order valence-electron chi connectivity index (χ0n) is 37.5. The molecule has 358 valence electrons. The van der Waals surface area contributed by atoms with Crippen molar-refractivity contribution < 1.29 is 63.5 Å². The third-order valence-corrected chi connectivity index (χ3v) is 10.5. The number of rotatable bonds is 39. The summed E-state index contributed by atoms with van der Waals surface area (Å²) < 4.78 is 5.47. The highest BCUT2D eigenvalue weighted by Gasteiger charge is 2.37. The summed E-state index contributed by atoms with van der Waals surface area (Å²) >= 11 is 0. The Balaban J connectivity index is 4.59. The van der Waals surface area contributed by atoms with Crippen molar-refractivity contribution >= 4 is 47.7 Å². The van der Waals surface area contributed by atoms with Crippen LogP contribution in [0.4, 0.5) is 0 Å². The maximum Gasteiger partial charge on any atom is 0.326 e. The van der Waals surface area contributed by atoms with Crippen LogP contribution in [-0.2, 0) is 43.1 Å². The smallest absolute Gasteiger partial charge is 0.326 e. The number of aliphatic hydroxyl groups excluding tert-OH is 3. The standard InChI is InChI=1S/C43H78N6O13/c1-5-6-7-8-9-10-11-12-13-14-15-16-17-18-19-23-36(54)45-26-21-20-22-33(43(60)61)48-37(55)25-24-32(40(44)57)49-41(58)29(2)46-42(59)30(3)62-39(38(56)35(53)28-51)34(27-50)47-31(4)52/h27,29-30,32-35,38-39,51,53,56H,5-26,28H2,1-4H3,(H2,44,57)(H,45,54)(H,46,59)(H,47,52)(H,48,55)(H,49,58)(H,60,61)/t29-,30+,32+,33-,34-,35+,38+,39+/m0/s1. The molecule has 19 nitrogen and oxygen atoms in total. The molecule has 0 aromatic rings. The number of amides is 6. The number of aldehydes is 1. The molecule has 0 saturated carbocycles. The van der Waals surface area contributed by atoms with Crippen LogP contribution in [0.2, 0.25) is 0 Å². The van der Waals surface area contributed by atoms with Gasteiger partial charge >= 0.3 is 5.97 Å². The minimum absolute atomic E-state index is 0.0473. The largest absolute Gasteiger partial charge is 0.480 e. The number of ether oxygens (including phenoxy) is 1. The van der Waals surface area contributed by atoms with E-state index in [2.05, 4.69) is 33.5 Å². The second kappa shape index (κ2) is 35.3. The summed E-state index contributed by atoms with van der Waals surface area (Å²) in [5.74, 6) is -5.55. The van der Waals surface area contributed by atoms with E-state index >= 15 is 0 Å². The molecule has 62 heavy (non-hydrogen) atoms. The summed E-state index contributed by atoms with van der Waals surface area (Å²) in [7, 11) is 0. The van der Waals surface area contributed by atoms with Crippen LogP contribution in [0.1, 0.15) is 163 Å². The molecule has 0 aliphatic carbocycles. The van der Waals surface area contributed by atoms with Gasteiger partial charge in [-0.1, -0.05) is 96.8 Å². The number of aliphatic hydroxyl groups is 3. The number of nitrogens with one attached hydrogen (secondary N) is 5. The van der Waals surface area contributed by atoms with Crippen LogP contribution in [0, 0.1) is 0 Å². The second-order valence-corrected chi connectivity index (χ2v) is 16.1. The molecule has 0 bridgehead atoms. The van der Waals surface area contributed by atoms with E-state index in [9.17, 15) is 58.8 Å². The van der Waals surface area contributed by atoms with Crippen molar-refractivity contribution in [2.45, 2.75) is 211 Å². The number of nitrogens with two attached hydrogens (primary N) is 1. The molecule has 0 fully saturated rings. The van der Waals surface area contributed by atoms with Gasteiger partial charge in [0.25, 0.3) is 0 Å². The van der Waals surface area contributed by atoms with E-state index in [1.165, 1.54) is 90.9 Å². The Morgan fingerprint density at radius 1 is 0.661 bits per heavy atom. The fourth-order valence-electron chi connectivity index (χ4n) is 6.65. The molecule has 11 N–H and O–H groups in total. The van der Waals surface area contributed by atoms with E-state index in [-0.39, 0.29) is 31.5 Å². The first kappa shape index (κ1) is 57.8. The number of carbonyl (C=O) groups excluding carboxylic acids is 7. The Hall–Kier alpha value is -4.20. The summed E-state index contributed by atoms with van der Waals surface area (Å²) in [4.78, 5) is 97.7. The van der Waals surface area contributed by atoms with Gasteiger partial charge in [-0.2, -0.15) is 0 Å². The lowest BCUT2D eigenvalue weighted by Gasteiger charge is -2.32. The van der Waals surface area contributed by atoms with E-state index < -0.39 is 90.7 Å². The fraction of sp³-hybridized carbons (Fsp3) is 0.814. The molecule has 0 heterocycles. The highest BCUT2D eigenvalue weighted by molar-refractivity contribution is 5.92. The van der Waals surface area contributed by atoms with Gasteiger partial charge in [-0.3, -0.25) is 28.8 Å². The van der Waals surface area contributed by atoms with Gasteiger partial charge in [0.1, 0.15) is 54.9 Å². The minimum Gasteiger partial charge on any atom is -0.480 e. The van der Waals surface area contributed by atoms with Crippen LogP contribution in [0.5, 0.6) is 0 Å². The van der Waals surface area contributed by atoms with Crippen molar-refractivity contribution in [3.05, 3.63) is 0 Å². The zero-order valence-corrected chi connectivity index (χ0v) is 37.5. The molecular formula is C43H78N6O13. The molecule has 6 amide bonds. The molecule has 0 aliphatic heterocycles. The zero-order chi connectivity index (χ0) is 46.9. The molecule has 0 aliphatic rings. The molecule has 19 heteroatoms. The monoisotopic (exact) mass is 887 g/mol. The minimum atomic E-state index is -1.92. The molecule has 8 atom stereocenters. The molecular weight excluding hydrogens is 809 g/mol. The first-order valence-electron chi connectivity index (χ1n) is 22.5. The summed E-state index contributed by atoms with van der Waals surface area (Å²) in [5.41, 5.74) is 5.43. The topological polar surface area (TPSA) is 313 Å². The summed E-state index contributed by atoms with van der Waals surface area (Å²) in [6.45, 7) is 5.20. The Bertz CT molecular complexity index is 1340. The predicted molar refractivity (Wildman–Crippen MR) is 231 cm³/mol. The number of carboxylic acids is 1. The molecule has 0 unspecified atom stereocenters. The van der Waals surface area contributed by atoms with Crippen LogP contribution in [-0.4, -0.2) is 130 Å². The van der Waals surface area contributed by atoms with Crippen LogP contribution in [0.3, 0.4) is 0 Å². The first-order chi connectivity index (χ1) is 29.5. The average molecular weight is 887 g/mol. The third kappa shape index (κ3) is 27.7. The van der Waals surface area contributed by atoms with E-state index in [1.807, 2.05) is 0 Å². The number of hydrogen-bond acceptors (Lipinski definition) is 12. The molecule has 0 spiro atoms. The number of unbranched alkanes of at least 4 members (excludes halogenated alkanes) is 15. The first-order valence-corrected chi connectivity index (χ1v) is 22.5. The maximum absolute atomic E-state index is 12.9. The molecule has 0 rings (SSSR count). The summed E-state index contributed by atoms with van der Waals surface area (Å²) in [6.07, 6.45) is 12.8. The summed E-state index contributed by atoms with van der Waals surface area (Å²) in [6, 6.07) is -5.46. The Labute approximate surface area is 367 Å². The number of hydrogen-bond donors (Lipinski definition) is 10. The van der Waals surface area contributed by atoms with Gasteiger partial charge in [-0.15, -0.1) is 0 Å². The normalized spacial score (nSPS) is 15.1. The lowest BCUT2D eigenvalue weighted by Crippen LogP contribution is -2.57. The lowest BCUT2D eigenvalue weighted by molar-refractivity contribution is -0.158. The van der Waals surface area contributed by atoms with Crippen LogP contribution < -0.4 is 32.3 Å². The van der Waals surface area contributed by atoms with Crippen molar-refractivity contribution in [1.82, 2.24) is 26.6 Å². The van der Waals surface area contributed by atoms with E-state index in [0.29, 0.717) is 25.8 Å². The predicted octanol–water partition coefficient (Wildman–Crippen LogP) is 1.55. The molecule has 0 aromatic carbocycles. The highest BCUT2D eigenvalue weighted by atomic mass is 16.5. The third-order valence-electron chi connectivity index (χ3n) is 10.5. The number of carboxylic acid groups (broad SMARTS) is 1. The Morgan fingerprint density at radius 2 is 1.21 bits per heavy atom. The van der Waals surface area contributed by atoms with Crippen LogP contribution >= 0.6 is 0 Å². The van der Waals surface area contributed by atoms with Crippen LogP contribution in [0.25, 0.3) is 0 Å². The van der Waals surface area contributed by atoms with Gasteiger partial charge in [0.2, 0.25) is 35.4 Å². The quantitative estimate of drug-likeness (QED) is 0.0310. The number of carbonyl (C=O) groups is 8. The molecule has 0 saturated heterocycles. The van der Waals surface area contributed by atoms with Crippen molar-refractivity contribution in [3.63, 3.8) is 0 Å². The van der Waals surface area contributed by atoms with Gasteiger partial charge in [0.15, 0.2) is 0 Å². The molecule has 0 aromatic heterocycles. The molecule has 0 radical (unpaired) electrons. The van der Waals surface area contributed by atoms with Gasteiger partial charge in [0.05, 0.1) is 6.61 Å². The van der Waals surface area contributed by atoms with Crippen molar-refractivity contribution in [3.8, 4) is 0 Å². The summed E-state index contributed by atoms with van der Waals surface area (Å²) in [5, 5.41) is 51.3. The van der Waals surface area contributed by atoms with Gasteiger partial charge in [-0.25, -0.2) is 4.79 Å². The van der Waals surface area contributed by atoms with E-state index in [1.54, 1.807) is 0 Å². The Morgan fingerprint density at radius 3 is 1.69 bits per heavy atom. The lowest BCUT2D eigenvalue weighted by atomic mass is 10.0. The van der Waals surface area contributed by atoms with Crippen molar-refractivity contribution in [2.75, 3.05) is 13.2 Å². The number of primary amides is 1. The van der Waals surface area contributed by atoms with Crippen LogP contribution in [0.15, 0.2) is 0 Å². The van der Waals surface area contributed by atoms with E-state index in [0.717, 1.165) is 26.2 Å². The van der Waals surface area contributed by atoms with Gasteiger partial charge in [-0.05, 0) is 46.0 Å². The SMILES string of the molecule is CCCCCCCCCCCCCCCCCC(=O)NCCCC[C@H](NC(=O)CC[C@@H](NC(=O)[C@H](C)NC(=O)[C@@H](C)O[C@@H]([C@H](O)[C@H](O)CO)[C@H](C=O)NC(C)=O)C(N)=O)C(=O)O. The second-order valence-electron chi connectivity index (χ2n) is 16.1. The van der Waals surface area contributed by atoms with Crippen molar-refractivity contribution in [1.29, 1.82) is 0 Å². The number of aliphatic carboxylic acids is 1. The highest BCUT2D eigenvalue weighted by Crippen LogP contribution is 2.15. The Kier molecular flexibility index (Phi) is 32.9. The van der Waals surface area contributed by atoms with Crippen molar-refractivity contribution in [2.24, 2.45) is 5.73 Å². The fourth-order valence-corrected chi connectivity index (χ4v) is 6.65. The van der Waals surface area contributed by atoms with Gasteiger partial charge < -0.3 is 62.3 Å². The maximum atomic E-state index is 12.9. The average Bonchev–Trinajstić information content (AvgIpc) is 3.23. The van der Waals surface area contributed by atoms with Gasteiger partial charge in [0, 0.05) is 26.3 Å².